The van der Waals surface area contributed by atoms with Gasteiger partial charge in [-0.05, 0) is 31.3 Å². The molecule has 2 amide bonds. The zero-order valence-corrected chi connectivity index (χ0v) is 16.3. The maximum Gasteiger partial charge on any atom is 0.303 e. The van der Waals surface area contributed by atoms with Crippen LogP contribution in [0.15, 0.2) is 11.6 Å². The van der Waals surface area contributed by atoms with Gasteiger partial charge in [-0.3, -0.25) is 24.2 Å². The molecule has 5 aliphatic rings. The number of hydrogen-bond donors (Lipinski definition) is 0. The van der Waals surface area contributed by atoms with Gasteiger partial charge in [-0.25, -0.2) is 0 Å². The Morgan fingerprint density at radius 1 is 1.22 bits per heavy atom. The van der Waals surface area contributed by atoms with Crippen molar-refractivity contribution in [1.82, 2.24) is 9.80 Å². The molecule has 5 atom stereocenters. The number of morpholine rings is 1. The van der Waals surface area contributed by atoms with Crippen molar-refractivity contribution in [2.75, 3.05) is 39.4 Å². The normalized spacial score (nSPS) is 38.8. The molecule has 1 saturated carbocycles. The van der Waals surface area contributed by atoms with E-state index in [1.165, 1.54) is 11.8 Å². The van der Waals surface area contributed by atoms with Crippen LogP contribution >= 0.6 is 0 Å². The highest BCUT2D eigenvalue weighted by molar-refractivity contribution is 6.07. The Morgan fingerprint density at radius 3 is 2.56 bits per heavy atom. The van der Waals surface area contributed by atoms with Crippen LogP contribution in [0.4, 0.5) is 0 Å². The van der Waals surface area contributed by atoms with Gasteiger partial charge in [0.25, 0.3) is 0 Å². The van der Waals surface area contributed by atoms with Crippen molar-refractivity contribution >= 4 is 17.8 Å². The predicted molar refractivity (Wildman–Crippen MR) is 96.5 cm³/mol. The van der Waals surface area contributed by atoms with Crippen molar-refractivity contribution in [2.24, 2.45) is 23.7 Å². The van der Waals surface area contributed by atoms with Crippen molar-refractivity contribution in [2.45, 2.75) is 32.8 Å². The lowest BCUT2D eigenvalue weighted by Crippen LogP contribution is -2.57. The number of imide groups is 1. The van der Waals surface area contributed by atoms with E-state index in [1.807, 2.05) is 13.0 Å². The number of nitrogens with zero attached hydrogens (tertiary/aromatic N) is 2. The zero-order chi connectivity index (χ0) is 19.3. The summed E-state index contributed by atoms with van der Waals surface area (Å²) in [6.07, 6.45) is 2.54. The molecule has 5 rings (SSSR count). The predicted octanol–water partition coefficient (Wildman–Crippen LogP) is 0.838. The van der Waals surface area contributed by atoms with Crippen molar-refractivity contribution in [1.29, 1.82) is 0 Å². The van der Waals surface area contributed by atoms with Crippen molar-refractivity contribution in [3.63, 3.8) is 0 Å². The topological polar surface area (TPSA) is 76.2 Å². The summed E-state index contributed by atoms with van der Waals surface area (Å²) in [6.45, 7) is 9.51. The van der Waals surface area contributed by atoms with Crippen LogP contribution in [0.3, 0.4) is 0 Å². The van der Waals surface area contributed by atoms with E-state index < -0.39 is 23.4 Å². The molecule has 0 aromatic rings. The fourth-order valence-electron chi connectivity index (χ4n) is 5.79. The number of rotatable bonds is 4. The number of allylic oxidation sites excluding steroid dienone is 1. The van der Waals surface area contributed by atoms with E-state index >= 15 is 0 Å². The molecule has 0 N–H and O–H groups in total. The molecule has 7 nitrogen and oxygen atoms in total. The number of esters is 1. The first-order valence-corrected chi connectivity index (χ1v) is 9.88. The monoisotopic (exact) mass is 376 g/mol. The van der Waals surface area contributed by atoms with Crippen LogP contribution in [0, 0.1) is 23.7 Å². The highest BCUT2D eigenvalue weighted by atomic mass is 16.6. The summed E-state index contributed by atoms with van der Waals surface area (Å²) in [6, 6.07) is 0. The standard InChI is InChI=1S/C20H28N2O5/c1-12-10-20(27-14(3)23)11-13(2)15(12)16-17(20)19(25)22(18(16)24)5-4-21-6-8-26-9-7-21/h10,13,15-17H,4-9,11H2,1-3H3. The smallest absolute Gasteiger partial charge is 0.303 e. The fourth-order valence-corrected chi connectivity index (χ4v) is 5.79. The van der Waals surface area contributed by atoms with Crippen LogP contribution in [0.25, 0.3) is 0 Å². The maximum absolute atomic E-state index is 13.3. The third-order valence-electron chi connectivity index (χ3n) is 6.68. The van der Waals surface area contributed by atoms with Crippen LogP contribution in [-0.4, -0.2) is 72.6 Å². The minimum Gasteiger partial charge on any atom is -0.454 e. The summed E-state index contributed by atoms with van der Waals surface area (Å²) in [5.41, 5.74) is 0.0855. The molecule has 2 bridgehead atoms. The van der Waals surface area contributed by atoms with Gasteiger partial charge >= 0.3 is 5.97 Å². The van der Waals surface area contributed by atoms with Gasteiger partial charge < -0.3 is 9.47 Å². The Morgan fingerprint density at radius 2 is 1.93 bits per heavy atom. The zero-order valence-electron chi connectivity index (χ0n) is 16.3. The molecule has 5 unspecified atom stereocenters. The molecule has 0 aromatic heterocycles. The Hall–Kier alpha value is -1.73. The molecular formula is C20H28N2O5. The Labute approximate surface area is 159 Å². The summed E-state index contributed by atoms with van der Waals surface area (Å²) in [5.74, 6) is -1.42. The average Bonchev–Trinajstić information content (AvgIpc) is 2.85. The molecule has 148 valence electrons. The third kappa shape index (κ3) is 2.91. The van der Waals surface area contributed by atoms with E-state index in [0.717, 1.165) is 18.7 Å². The van der Waals surface area contributed by atoms with Crippen LogP contribution in [0.5, 0.6) is 0 Å². The number of likely N-dealkylation sites (tertiary alicyclic amines) is 1. The van der Waals surface area contributed by atoms with E-state index in [-0.39, 0.29) is 23.7 Å². The largest absolute Gasteiger partial charge is 0.454 e. The van der Waals surface area contributed by atoms with Crippen molar-refractivity contribution in [3.8, 4) is 0 Å². The minimum absolute atomic E-state index is 0.0530. The number of carbonyl (C=O) groups excluding carboxylic acids is 3. The molecule has 2 saturated heterocycles. The molecule has 0 spiro atoms. The summed E-state index contributed by atoms with van der Waals surface area (Å²) < 4.78 is 11.1. The van der Waals surface area contributed by atoms with E-state index in [1.54, 1.807) is 0 Å². The second kappa shape index (κ2) is 6.71. The third-order valence-corrected chi connectivity index (χ3v) is 6.68. The van der Waals surface area contributed by atoms with Crippen LogP contribution in [0.2, 0.25) is 0 Å². The maximum atomic E-state index is 13.3. The first-order chi connectivity index (χ1) is 12.8. The van der Waals surface area contributed by atoms with Gasteiger partial charge in [-0.2, -0.15) is 0 Å². The first kappa shape index (κ1) is 18.6. The van der Waals surface area contributed by atoms with E-state index in [9.17, 15) is 14.4 Å². The minimum atomic E-state index is -0.977. The van der Waals surface area contributed by atoms with Gasteiger partial charge in [0.05, 0.1) is 25.0 Å². The molecule has 0 aromatic carbocycles. The van der Waals surface area contributed by atoms with Gasteiger partial charge in [-0.15, -0.1) is 0 Å². The lowest BCUT2D eigenvalue weighted by atomic mass is 9.54. The molecule has 0 radical (unpaired) electrons. The number of hydrogen-bond acceptors (Lipinski definition) is 6. The average molecular weight is 376 g/mol. The van der Waals surface area contributed by atoms with Crippen LogP contribution in [-0.2, 0) is 23.9 Å². The van der Waals surface area contributed by atoms with Crippen LogP contribution in [0.1, 0.15) is 27.2 Å². The molecule has 27 heavy (non-hydrogen) atoms. The van der Waals surface area contributed by atoms with Gasteiger partial charge in [0, 0.05) is 33.1 Å². The number of amides is 2. The van der Waals surface area contributed by atoms with Gasteiger partial charge in [0.1, 0.15) is 5.60 Å². The summed E-state index contributed by atoms with van der Waals surface area (Å²) in [7, 11) is 0. The Kier molecular flexibility index (Phi) is 4.63. The lowest BCUT2D eigenvalue weighted by molar-refractivity contribution is -0.173. The Bertz CT molecular complexity index is 698. The van der Waals surface area contributed by atoms with Gasteiger partial charge in [-0.1, -0.05) is 12.5 Å². The quantitative estimate of drug-likeness (QED) is 0.411. The van der Waals surface area contributed by atoms with E-state index in [2.05, 4.69) is 11.8 Å². The number of carbonyl (C=O) groups is 3. The second-order valence-corrected chi connectivity index (χ2v) is 8.43. The lowest BCUT2D eigenvalue weighted by Gasteiger charge is -2.52. The molecular weight excluding hydrogens is 348 g/mol. The number of fused-ring (bicyclic) bond motifs is 1. The van der Waals surface area contributed by atoms with E-state index in [4.69, 9.17) is 9.47 Å². The first-order valence-electron chi connectivity index (χ1n) is 9.88. The van der Waals surface area contributed by atoms with Gasteiger partial charge in [0.2, 0.25) is 11.8 Å². The number of ether oxygens (including phenoxy) is 2. The fraction of sp³-hybridized carbons (Fsp3) is 0.750. The van der Waals surface area contributed by atoms with E-state index in [0.29, 0.717) is 32.7 Å². The van der Waals surface area contributed by atoms with Gasteiger partial charge in [0.15, 0.2) is 0 Å². The van der Waals surface area contributed by atoms with Crippen LogP contribution < -0.4 is 0 Å². The molecule has 2 heterocycles. The summed E-state index contributed by atoms with van der Waals surface area (Å²) in [4.78, 5) is 41.9. The Balaban J connectivity index is 1.60. The molecule has 3 aliphatic carbocycles. The molecule has 7 heteroatoms. The second-order valence-electron chi connectivity index (χ2n) is 8.43. The molecule has 3 fully saturated rings. The SMILES string of the molecule is CC(=O)OC12C=C(C)C(C(C)C1)C1C(=O)N(CCN3CCOCC3)C(=O)C12. The van der Waals surface area contributed by atoms with Crippen molar-refractivity contribution < 1.29 is 23.9 Å². The summed E-state index contributed by atoms with van der Waals surface area (Å²) in [5, 5.41) is 0. The highest BCUT2D eigenvalue weighted by Crippen LogP contribution is 2.58. The molecule has 2 aliphatic heterocycles. The van der Waals surface area contributed by atoms with Crippen molar-refractivity contribution in [3.05, 3.63) is 11.6 Å². The highest BCUT2D eigenvalue weighted by Gasteiger charge is 2.67. The summed E-state index contributed by atoms with van der Waals surface area (Å²) >= 11 is 0.